The first-order valence-corrected chi connectivity index (χ1v) is 11.9. The van der Waals surface area contributed by atoms with Crippen LogP contribution < -0.4 is 0 Å². The van der Waals surface area contributed by atoms with Crippen molar-refractivity contribution in [2.75, 3.05) is 0 Å². The molecule has 1 aromatic carbocycles. The number of rotatable bonds is 2. The van der Waals surface area contributed by atoms with Crippen molar-refractivity contribution < 1.29 is 4.43 Å². The van der Waals surface area contributed by atoms with E-state index in [9.17, 15) is 0 Å². The van der Waals surface area contributed by atoms with Crippen LogP contribution in [0.2, 0.25) is 18.1 Å². The summed E-state index contributed by atoms with van der Waals surface area (Å²) in [6.45, 7) is 11.3. The van der Waals surface area contributed by atoms with E-state index >= 15 is 0 Å². The van der Waals surface area contributed by atoms with Crippen LogP contribution in [0.4, 0.5) is 0 Å². The molecule has 0 heterocycles. The second-order valence-corrected chi connectivity index (χ2v) is 13.0. The number of hydrogen-bond donors (Lipinski definition) is 0. The molecule has 2 heteroatoms. The maximum absolute atomic E-state index is 6.70. The van der Waals surface area contributed by atoms with E-state index in [4.69, 9.17) is 4.43 Å². The monoisotopic (exact) mass is 346 g/mol. The van der Waals surface area contributed by atoms with Crippen molar-refractivity contribution in [1.82, 2.24) is 0 Å². The molecule has 0 aliphatic heterocycles. The highest BCUT2D eigenvalue weighted by atomic mass is 28.4. The molecule has 3 rings (SSSR count). The van der Waals surface area contributed by atoms with Gasteiger partial charge in [0.15, 0.2) is 8.32 Å². The van der Waals surface area contributed by atoms with Crippen LogP contribution in [0.3, 0.4) is 0 Å². The summed E-state index contributed by atoms with van der Waals surface area (Å²) >= 11 is 0. The van der Waals surface area contributed by atoms with Crippen LogP contribution in [0.15, 0.2) is 47.6 Å². The van der Waals surface area contributed by atoms with Crippen molar-refractivity contribution >= 4 is 8.32 Å². The molecule has 0 bridgehead atoms. The Morgan fingerprint density at radius 3 is 2.64 bits per heavy atom. The zero-order valence-corrected chi connectivity index (χ0v) is 16.9. The molecule has 0 spiro atoms. The minimum Gasteiger partial charge on any atom is -0.399 e. The quantitative estimate of drug-likeness (QED) is 0.488. The van der Waals surface area contributed by atoms with Gasteiger partial charge in [-0.25, -0.2) is 0 Å². The van der Waals surface area contributed by atoms with Crippen LogP contribution in [-0.4, -0.2) is 8.32 Å². The van der Waals surface area contributed by atoms with Gasteiger partial charge in [0.05, 0.1) is 0 Å². The summed E-state index contributed by atoms with van der Waals surface area (Å²) in [5.74, 6) is 13.4. The van der Waals surface area contributed by atoms with Crippen LogP contribution >= 0.6 is 0 Å². The van der Waals surface area contributed by atoms with Crippen molar-refractivity contribution in [3.05, 3.63) is 58.7 Å². The lowest BCUT2D eigenvalue weighted by Crippen LogP contribution is -2.41. The lowest BCUT2D eigenvalue weighted by molar-refractivity contribution is 0.238. The molecule has 0 radical (unpaired) electrons. The minimum absolute atomic E-state index is 0.141. The van der Waals surface area contributed by atoms with E-state index in [2.05, 4.69) is 75.8 Å². The van der Waals surface area contributed by atoms with E-state index in [0.717, 1.165) is 29.5 Å². The number of benzene rings is 1. The first-order chi connectivity index (χ1) is 11.8. The second kappa shape index (κ2) is 6.72. The third-order valence-electron chi connectivity index (χ3n) is 5.36. The van der Waals surface area contributed by atoms with Gasteiger partial charge in [0, 0.05) is 16.7 Å². The highest BCUT2D eigenvalue weighted by molar-refractivity contribution is 6.74. The summed E-state index contributed by atoms with van der Waals surface area (Å²) in [6, 6.07) is 8.25. The standard InChI is InChI=1S/C23H26OSi/c1-23(2,3)25(4,5)24-22-17-16-19-13-8-11-18(19)12-9-14-20-10-6-7-15-21(20)22/h6-7,10,12-13,15,22H,8,11H2,1-5H3/b18-12-. The van der Waals surface area contributed by atoms with Crippen LogP contribution in [-0.2, 0) is 4.43 Å². The molecule has 0 aromatic heterocycles. The van der Waals surface area contributed by atoms with Gasteiger partial charge < -0.3 is 4.43 Å². The maximum Gasteiger partial charge on any atom is 0.194 e. The molecular formula is C23H26OSi. The first kappa shape index (κ1) is 17.8. The molecule has 0 N–H and O–H groups in total. The summed E-state index contributed by atoms with van der Waals surface area (Å²) in [4.78, 5) is 0. The van der Waals surface area contributed by atoms with Crippen molar-refractivity contribution in [2.24, 2.45) is 0 Å². The van der Waals surface area contributed by atoms with E-state index in [1.54, 1.807) is 0 Å². The highest BCUT2D eigenvalue weighted by Crippen LogP contribution is 2.40. The zero-order chi connectivity index (χ0) is 18.1. The van der Waals surface area contributed by atoms with Gasteiger partial charge in [0.2, 0.25) is 0 Å². The molecule has 0 saturated carbocycles. The SMILES string of the molecule is CC(C)(C)[Si](C)(C)OC1C#CC2=CCC/C2=C/C#Cc2ccccc21. The molecule has 1 aromatic rings. The molecule has 25 heavy (non-hydrogen) atoms. The van der Waals surface area contributed by atoms with Crippen molar-refractivity contribution in [2.45, 2.75) is 57.8 Å². The fraction of sp³-hybridized carbons (Fsp3) is 0.391. The lowest BCUT2D eigenvalue weighted by Gasteiger charge is -2.38. The molecule has 2 aliphatic rings. The number of fused-ring (bicyclic) bond motifs is 2. The van der Waals surface area contributed by atoms with Crippen molar-refractivity contribution in [3.8, 4) is 23.7 Å². The third-order valence-corrected chi connectivity index (χ3v) is 9.80. The van der Waals surface area contributed by atoms with Crippen molar-refractivity contribution in [1.29, 1.82) is 0 Å². The molecule has 0 amide bonds. The average Bonchev–Trinajstić information content (AvgIpc) is 2.98. The summed E-state index contributed by atoms with van der Waals surface area (Å²) in [5, 5.41) is 0.141. The average molecular weight is 347 g/mol. The Hall–Kier alpha value is -2.00. The summed E-state index contributed by atoms with van der Waals surface area (Å²) < 4.78 is 6.70. The molecule has 1 unspecified atom stereocenters. The van der Waals surface area contributed by atoms with E-state index < -0.39 is 8.32 Å². The Morgan fingerprint density at radius 2 is 1.88 bits per heavy atom. The van der Waals surface area contributed by atoms with Gasteiger partial charge in [-0.3, -0.25) is 0 Å². The van der Waals surface area contributed by atoms with E-state index in [1.165, 1.54) is 5.57 Å². The van der Waals surface area contributed by atoms with Crippen LogP contribution in [0.5, 0.6) is 0 Å². The smallest absolute Gasteiger partial charge is 0.194 e. The zero-order valence-electron chi connectivity index (χ0n) is 15.9. The Bertz CT molecular complexity index is 857. The Labute approximate surface area is 153 Å². The Balaban J connectivity index is 2.09. The van der Waals surface area contributed by atoms with Gasteiger partial charge in [-0.2, -0.15) is 0 Å². The van der Waals surface area contributed by atoms with E-state index in [0.29, 0.717) is 0 Å². The number of allylic oxidation sites excluding steroid dienone is 4. The second-order valence-electron chi connectivity index (χ2n) is 8.21. The van der Waals surface area contributed by atoms with E-state index in [-0.39, 0.29) is 11.1 Å². The number of hydrogen-bond acceptors (Lipinski definition) is 1. The molecule has 0 fully saturated rings. The van der Waals surface area contributed by atoms with Gasteiger partial charge in [0.1, 0.15) is 6.10 Å². The Morgan fingerprint density at radius 1 is 1.12 bits per heavy atom. The molecule has 2 aliphatic carbocycles. The van der Waals surface area contributed by atoms with Gasteiger partial charge in [-0.1, -0.05) is 68.7 Å². The topological polar surface area (TPSA) is 9.23 Å². The third kappa shape index (κ3) is 3.82. The molecule has 1 nitrogen and oxygen atoms in total. The summed E-state index contributed by atoms with van der Waals surface area (Å²) in [6.07, 6.45) is 6.11. The van der Waals surface area contributed by atoms with Gasteiger partial charge in [-0.15, -0.1) is 0 Å². The molecule has 128 valence electrons. The Kier molecular flexibility index (Phi) is 4.78. The fourth-order valence-corrected chi connectivity index (χ4v) is 3.87. The minimum atomic E-state index is -1.95. The molecule has 1 atom stereocenters. The largest absolute Gasteiger partial charge is 0.399 e. The van der Waals surface area contributed by atoms with Gasteiger partial charge in [0.25, 0.3) is 0 Å². The van der Waals surface area contributed by atoms with Crippen LogP contribution in [0, 0.1) is 23.7 Å². The van der Waals surface area contributed by atoms with Crippen LogP contribution in [0.25, 0.3) is 0 Å². The molecule has 0 saturated heterocycles. The predicted octanol–water partition coefficient (Wildman–Crippen LogP) is 5.76. The fourth-order valence-electron chi connectivity index (χ4n) is 2.74. The summed E-state index contributed by atoms with van der Waals surface area (Å²) in [5.41, 5.74) is 4.48. The highest BCUT2D eigenvalue weighted by Gasteiger charge is 2.39. The lowest BCUT2D eigenvalue weighted by atomic mass is 10.0. The van der Waals surface area contributed by atoms with Crippen molar-refractivity contribution in [3.63, 3.8) is 0 Å². The van der Waals surface area contributed by atoms with E-state index in [1.807, 2.05) is 18.2 Å². The van der Waals surface area contributed by atoms with Gasteiger partial charge >= 0.3 is 0 Å². The van der Waals surface area contributed by atoms with Gasteiger partial charge in [-0.05, 0) is 48.7 Å². The predicted molar refractivity (Wildman–Crippen MR) is 108 cm³/mol. The first-order valence-electron chi connectivity index (χ1n) is 8.97. The van der Waals surface area contributed by atoms with Crippen LogP contribution in [0.1, 0.15) is 50.8 Å². The summed E-state index contributed by atoms with van der Waals surface area (Å²) in [7, 11) is -1.95. The maximum atomic E-state index is 6.70. The molecular weight excluding hydrogens is 320 g/mol. The normalized spacial score (nSPS) is 21.4.